The zero-order valence-corrected chi connectivity index (χ0v) is 61.1. The standard InChI is InChI=1S/C70H113NO36/c1-27(76)71-38-48(104-57-45(85)40(80)31(78)21-95-57)42(82)34(22-96-56-44(84)39(79)30(77)20-94-56)101-55(38)102-37-12-13-65(6)35(64(37,4)5)11-14-66(7)36(65)10-9-28-29-17-63(2,3)15-16-70(29,52(88)51(87)67(28,66)8)62(91)107-59-50(106-61-54(90)69(93,24-75)26-98-61)49(105-60-53(89)68(92,23-74)25-97-60)47(33(19-73)100-59)103-58-46(86)43(83)41(81)32(18-72)99-58/h9,29-61,72-75,77-90,92-93H,10-26H2,1-8H3,(H,71,76). The van der Waals surface area contributed by atoms with Crippen LogP contribution in [0, 0.1) is 50.2 Å². The van der Waals surface area contributed by atoms with Crippen LogP contribution in [-0.2, 0) is 75.9 Å². The van der Waals surface area contributed by atoms with Crippen LogP contribution in [0.4, 0.5) is 0 Å². The van der Waals surface area contributed by atoms with Gasteiger partial charge in [0.1, 0.15) is 133 Å². The Bertz CT molecular complexity index is 3120. The first kappa shape index (κ1) is 83.8. The van der Waals surface area contributed by atoms with Crippen molar-refractivity contribution in [1.82, 2.24) is 5.32 Å². The van der Waals surface area contributed by atoms with Crippen LogP contribution in [0.15, 0.2) is 11.6 Å². The molecular weight excluding hydrogens is 1430 g/mol. The SMILES string of the molecule is CC(=O)NC1C(OC2CCC3(C)C(CCC4(C)C3CC=C3C5CC(C)(C)CCC5(C(=O)OC5OC(CO)C(OC6OC(CO)C(O)C(O)C6O)C(OC6OCC(O)(CO)C6O)C5OC5OCC(O)(CO)C5O)C(O)C(O)C34C)C2(C)C)OC(COC2OCC(O)C(O)C2O)C(O)C1OC1OCC(O)C(O)C1O. The van der Waals surface area contributed by atoms with Crippen molar-refractivity contribution in [2.75, 3.05) is 59.5 Å². The molecule has 0 radical (unpaired) electrons. The molecule has 614 valence electrons. The molecule has 37 nitrogen and oxygen atoms in total. The number of rotatable bonds is 20. The van der Waals surface area contributed by atoms with Gasteiger partial charge in [-0.05, 0) is 90.8 Å². The van der Waals surface area contributed by atoms with Crippen LogP contribution >= 0.6 is 0 Å². The second-order valence-electron chi connectivity index (χ2n) is 34.1. The van der Waals surface area contributed by atoms with Gasteiger partial charge in [-0.2, -0.15) is 0 Å². The lowest BCUT2D eigenvalue weighted by Gasteiger charge is -2.72. The number of esters is 1. The van der Waals surface area contributed by atoms with E-state index in [4.69, 9.17) is 66.3 Å². The van der Waals surface area contributed by atoms with Crippen molar-refractivity contribution in [2.45, 2.75) is 302 Å². The predicted octanol–water partition coefficient (Wildman–Crippen LogP) is -7.92. The van der Waals surface area contributed by atoms with Gasteiger partial charge in [-0.1, -0.05) is 60.1 Å². The van der Waals surface area contributed by atoms with Crippen molar-refractivity contribution in [2.24, 2.45) is 50.2 Å². The van der Waals surface area contributed by atoms with Gasteiger partial charge in [0, 0.05) is 12.3 Å². The lowest BCUT2D eigenvalue weighted by atomic mass is 9.32. The average Bonchev–Trinajstić information content (AvgIpc) is 1.02. The first-order valence-electron chi connectivity index (χ1n) is 37.1. The van der Waals surface area contributed by atoms with Crippen LogP contribution in [0.3, 0.4) is 0 Å². The van der Waals surface area contributed by atoms with Gasteiger partial charge < -0.3 is 174 Å². The first-order valence-corrected chi connectivity index (χ1v) is 37.1. The quantitative estimate of drug-likeness (QED) is 0.0306. The number of fused-ring (bicyclic) bond motifs is 7. The van der Waals surface area contributed by atoms with Crippen molar-refractivity contribution >= 4 is 11.9 Å². The van der Waals surface area contributed by atoms with Gasteiger partial charge in [-0.15, -0.1) is 0 Å². The van der Waals surface area contributed by atoms with E-state index in [0.29, 0.717) is 37.7 Å². The fourth-order valence-electron chi connectivity index (χ4n) is 20.3. The Labute approximate surface area is 617 Å². The van der Waals surface area contributed by atoms with Crippen molar-refractivity contribution in [3.8, 4) is 0 Å². The molecule has 0 aromatic rings. The summed E-state index contributed by atoms with van der Waals surface area (Å²) in [6, 6.07) is -1.37. The molecule has 37 heteroatoms. The number of hydrogen-bond acceptors (Lipinski definition) is 36. The molecule has 12 rings (SSSR count). The summed E-state index contributed by atoms with van der Waals surface area (Å²) in [4.78, 5) is 29.5. The van der Waals surface area contributed by atoms with Crippen molar-refractivity contribution in [3.63, 3.8) is 0 Å². The van der Waals surface area contributed by atoms with E-state index in [2.05, 4.69) is 25.2 Å². The van der Waals surface area contributed by atoms with E-state index in [-0.39, 0.29) is 31.1 Å². The van der Waals surface area contributed by atoms with E-state index in [0.717, 1.165) is 0 Å². The van der Waals surface area contributed by atoms with Crippen molar-refractivity contribution in [3.05, 3.63) is 11.6 Å². The molecule has 5 aliphatic carbocycles. The number of nitrogens with one attached hydrogen (secondary N) is 1. The molecule has 0 spiro atoms. The molecule has 0 aromatic carbocycles. The van der Waals surface area contributed by atoms with Gasteiger partial charge in [-0.3, -0.25) is 9.59 Å². The molecular formula is C70H113NO36. The summed E-state index contributed by atoms with van der Waals surface area (Å²) in [5.74, 6) is -3.09. The second kappa shape index (κ2) is 31.2. The van der Waals surface area contributed by atoms with E-state index in [1.807, 2.05) is 34.6 Å². The predicted molar refractivity (Wildman–Crippen MR) is 351 cm³/mol. The smallest absolute Gasteiger partial charge is 0.317 e. The van der Waals surface area contributed by atoms with Gasteiger partial charge in [0.05, 0.1) is 77.8 Å². The number of carbonyl (C=O) groups excluding carboxylic acids is 2. The summed E-state index contributed by atoms with van der Waals surface area (Å²) in [6.07, 6.45) is -46.8. The summed E-state index contributed by atoms with van der Waals surface area (Å²) in [7, 11) is 0. The molecule has 7 aliphatic heterocycles. The van der Waals surface area contributed by atoms with Gasteiger partial charge >= 0.3 is 5.97 Å². The van der Waals surface area contributed by atoms with Gasteiger partial charge in [0.15, 0.2) is 43.8 Å². The summed E-state index contributed by atoms with van der Waals surface area (Å²) in [5, 5.41) is 226. The maximum absolute atomic E-state index is 16.3. The van der Waals surface area contributed by atoms with E-state index in [9.17, 15) is 107 Å². The van der Waals surface area contributed by atoms with Crippen LogP contribution in [0.1, 0.15) is 107 Å². The summed E-state index contributed by atoms with van der Waals surface area (Å²) < 4.78 is 85.8. The Morgan fingerprint density at radius 2 is 1.07 bits per heavy atom. The highest BCUT2D eigenvalue weighted by molar-refractivity contribution is 5.80. The number of amides is 1. The highest BCUT2D eigenvalue weighted by atomic mass is 16.8. The molecule has 0 bridgehead atoms. The molecule has 107 heavy (non-hydrogen) atoms. The van der Waals surface area contributed by atoms with Crippen molar-refractivity contribution < 1.29 is 178 Å². The topological polar surface area (TPSA) is 580 Å². The minimum atomic E-state index is -2.37. The molecule has 21 N–H and O–H groups in total. The van der Waals surface area contributed by atoms with Crippen LogP contribution in [-0.4, -0.2) is 369 Å². The van der Waals surface area contributed by atoms with Crippen LogP contribution < -0.4 is 5.32 Å². The second-order valence-corrected chi connectivity index (χ2v) is 34.1. The Morgan fingerprint density at radius 3 is 1.65 bits per heavy atom. The van der Waals surface area contributed by atoms with E-state index < -0.39 is 305 Å². The molecule has 11 fully saturated rings. The highest BCUT2D eigenvalue weighted by Gasteiger charge is 2.76. The molecule has 7 saturated heterocycles. The summed E-state index contributed by atoms with van der Waals surface area (Å²) >= 11 is 0. The highest BCUT2D eigenvalue weighted by Crippen LogP contribution is 2.76. The molecule has 12 aliphatic rings. The fourth-order valence-corrected chi connectivity index (χ4v) is 20.3. The Balaban J connectivity index is 0.853. The Morgan fingerprint density at radius 1 is 0.514 bits per heavy atom. The minimum Gasteiger partial charge on any atom is -0.432 e. The molecule has 1 amide bonds. The number of aliphatic hydroxyl groups is 20. The summed E-state index contributed by atoms with van der Waals surface area (Å²) in [6.45, 7) is 8.45. The van der Waals surface area contributed by atoms with Crippen LogP contribution in [0.5, 0.6) is 0 Å². The molecule has 0 aromatic heterocycles. The third-order valence-corrected chi connectivity index (χ3v) is 27.0. The zero-order valence-electron chi connectivity index (χ0n) is 61.1. The molecule has 39 atom stereocenters. The van der Waals surface area contributed by atoms with Crippen molar-refractivity contribution in [1.29, 1.82) is 0 Å². The number of hydrogen-bond donors (Lipinski definition) is 21. The third-order valence-electron chi connectivity index (χ3n) is 27.0. The average molecular weight is 1540 g/mol. The monoisotopic (exact) mass is 1540 g/mol. The van der Waals surface area contributed by atoms with Gasteiger partial charge in [-0.25, -0.2) is 0 Å². The van der Waals surface area contributed by atoms with E-state index in [1.54, 1.807) is 0 Å². The number of aliphatic hydroxyl groups excluding tert-OH is 18. The number of ether oxygens (including phenoxy) is 14. The van der Waals surface area contributed by atoms with Gasteiger partial charge in [0.2, 0.25) is 12.2 Å². The van der Waals surface area contributed by atoms with E-state index >= 15 is 4.79 Å². The normalized spacial score (nSPS) is 53.2. The minimum absolute atomic E-state index is 0.102. The Kier molecular flexibility index (Phi) is 24.4. The lowest BCUT2D eigenvalue weighted by Crippen LogP contribution is -2.73. The largest absolute Gasteiger partial charge is 0.432 e. The molecule has 7 heterocycles. The maximum Gasteiger partial charge on any atom is 0.317 e. The third kappa shape index (κ3) is 14.3. The molecule has 39 unspecified atom stereocenters. The lowest BCUT2D eigenvalue weighted by molar-refractivity contribution is -0.384. The maximum atomic E-state index is 16.3. The Hall–Kier alpha value is -2.64. The number of allylic oxidation sites excluding steroid dienone is 1. The van der Waals surface area contributed by atoms with E-state index in [1.165, 1.54) is 6.92 Å². The van der Waals surface area contributed by atoms with Crippen LogP contribution in [0.2, 0.25) is 0 Å². The van der Waals surface area contributed by atoms with Crippen LogP contribution in [0.25, 0.3) is 0 Å². The zero-order chi connectivity index (χ0) is 78.1. The number of carbonyl (C=O) groups is 2. The molecule has 4 saturated carbocycles. The summed E-state index contributed by atoms with van der Waals surface area (Å²) in [5.41, 5.74) is -10.1. The fraction of sp³-hybridized carbons (Fsp3) is 0.943. The van der Waals surface area contributed by atoms with Gasteiger partial charge in [0.25, 0.3) is 0 Å². The first-order chi connectivity index (χ1) is 50.2.